The number of hydrogen-bond donors (Lipinski definition) is 1. The van der Waals surface area contributed by atoms with Crippen LogP contribution in [0.15, 0.2) is 18.2 Å². The summed E-state index contributed by atoms with van der Waals surface area (Å²) < 4.78 is 0. The quantitative estimate of drug-likeness (QED) is 0.888. The van der Waals surface area contributed by atoms with Crippen molar-refractivity contribution >= 4 is 11.7 Å². The van der Waals surface area contributed by atoms with Crippen LogP contribution in [0.4, 0.5) is 5.82 Å². The van der Waals surface area contributed by atoms with Gasteiger partial charge in [-0.2, -0.15) is 0 Å². The third kappa shape index (κ3) is 3.00. The Morgan fingerprint density at radius 2 is 2.17 bits per heavy atom. The zero-order valence-electron chi connectivity index (χ0n) is 11.1. The number of amides is 1. The molecule has 1 heterocycles. The molecule has 0 saturated heterocycles. The van der Waals surface area contributed by atoms with Crippen molar-refractivity contribution in [1.29, 1.82) is 0 Å². The van der Waals surface area contributed by atoms with Gasteiger partial charge in [0.2, 0.25) is 0 Å². The summed E-state index contributed by atoms with van der Waals surface area (Å²) in [5, 5.41) is 2.95. The van der Waals surface area contributed by atoms with Gasteiger partial charge in [-0.1, -0.05) is 18.9 Å². The van der Waals surface area contributed by atoms with Crippen LogP contribution in [-0.4, -0.2) is 36.4 Å². The highest BCUT2D eigenvalue weighted by Crippen LogP contribution is 2.25. The molecule has 0 aliphatic heterocycles. The summed E-state index contributed by atoms with van der Waals surface area (Å²) in [4.78, 5) is 18.3. The molecule has 0 spiro atoms. The molecular weight excluding hydrogens is 226 g/mol. The first-order valence-electron chi connectivity index (χ1n) is 6.61. The van der Waals surface area contributed by atoms with Gasteiger partial charge < -0.3 is 10.2 Å². The molecule has 4 heteroatoms. The van der Waals surface area contributed by atoms with E-state index in [2.05, 4.69) is 10.3 Å². The number of aromatic nitrogens is 1. The molecular formula is C14H21N3O. The van der Waals surface area contributed by atoms with Gasteiger partial charge in [0, 0.05) is 20.6 Å². The summed E-state index contributed by atoms with van der Waals surface area (Å²) in [6, 6.07) is 5.48. The number of carbonyl (C=O) groups excluding carboxylic acids is 1. The predicted molar refractivity (Wildman–Crippen MR) is 72.7 cm³/mol. The van der Waals surface area contributed by atoms with Gasteiger partial charge in [-0.15, -0.1) is 0 Å². The number of anilines is 1. The lowest BCUT2D eigenvalue weighted by Crippen LogP contribution is -2.31. The molecule has 1 aromatic heterocycles. The summed E-state index contributed by atoms with van der Waals surface area (Å²) in [6.07, 6.45) is 5.11. The number of nitrogens with one attached hydrogen (secondary N) is 1. The van der Waals surface area contributed by atoms with E-state index >= 15 is 0 Å². The van der Waals surface area contributed by atoms with Crippen LogP contribution in [0.5, 0.6) is 0 Å². The fourth-order valence-corrected chi connectivity index (χ4v) is 2.55. The van der Waals surface area contributed by atoms with Crippen molar-refractivity contribution in [2.75, 3.05) is 26.0 Å². The Bertz CT molecular complexity index is 413. The van der Waals surface area contributed by atoms with Crippen LogP contribution in [0.25, 0.3) is 0 Å². The highest BCUT2D eigenvalue weighted by molar-refractivity contribution is 5.92. The third-order valence-electron chi connectivity index (χ3n) is 3.58. The predicted octanol–water partition coefficient (Wildman–Crippen LogP) is 2.39. The standard InChI is InChI=1S/C14H21N3O/c1-15-13-9-5-8-12(16-13)14(18)17(2)10-11-6-3-4-7-11/h5,8-9,11H,3-4,6-7,10H2,1-2H3,(H,15,16). The highest BCUT2D eigenvalue weighted by Gasteiger charge is 2.20. The van der Waals surface area contributed by atoms with Gasteiger partial charge in [-0.25, -0.2) is 4.98 Å². The Labute approximate surface area is 108 Å². The minimum atomic E-state index is 0.0130. The first-order valence-corrected chi connectivity index (χ1v) is 6.61. The Hall–Kier alpha value is -1.58. The van der Waals surface area contributed by atoms with Crippen LogP contribution in [0.1, 0.15) is 36.2 Å². The lowest BCUT2D eigenvalue weighted by atomic mass is 10.1. The third-order valence-corrected chi connectivity index (χ3v) is 3.58. The molecule has 1 fully saturated rings. The van der Waals surface area contributed by atoms with E-state index in [1.807, 2.05) is 19.2 Å². The fraction of sp³-hybridized carbons (Fsp3) is 0.571. The van der Waals surface area contributed by atoms with Crippen molar-refractivity contribution in [3.8, 4) is 0 Å². The molecule has 1 aromatic rings. The number of rotatable bonds is 4. The van der Waals surface area contributed by atoms with E-state index in [1.165, 1.54) is 25.7 Å². The van der Waals surface area contributed by atoms with E-state index in [0.717, 1.165) is 12.4 Å². The summed E-state index contributed by atoms with van der Waals surface area (Å²) in [5.74, 6) is 1.42. The van der Waals surface area contributed by atoms with E-state index in [4.69, 9.17) is 0 Å². The average molecular weight is 247 g/mol. The van der Waals surface area contributed by atoms with Crippen molar-refractivity contribution in [2.24, 2.45) is 5.92 Å². The van der Waals surface area contributed by atoms with Crippen LogP contribution < -0.4 is 5.32 Å². The molecule has 0 radical (unpaired) electrons. The summed E-state index contributed by atoms with van der Waals surface area (Å²) in [7, 11) is 3.67. The molecule has 98 valence electrons. The van der Waals surface area contributed by atoms with Gasteiger partial charge in [0.15, 0.2) is 0 Å². The van der Waals surface area contributed by atoms with Gasteiger partial charge in [0.05, 0.1) is 0 Å². The van der Waals surface area contributed by atoms with Gasteiger partial charge in [-0.3, -0.25) is 4.79 Å². The van der Waals surface area contributed by atoms with Crippen molar-refractivity contribution in [2.45, 2.75) is 25.7 Å². The molecule has 1 amide bonds. The van der Waals surface area contributed by atoms with Crippen molar-refractivity contribution < 1.29 is 4.79 Å². The monoisotopic (exact) mass is 247 g/mol. The van der Waals surface area contributed by atoms with Crippen LogP contribution in [0, 0.1) is 5.92 Å². The molecule has 1 aliphatic rings. The molecule has 18 heavy (non-hydrogen) atoms. The van der Waals surface area contributed by atoms with Crippen LogP contribution in [0.2, 0.25) is 0 Å². The largest absolute Gasteiger partial charge is 0.373 e. The second-order valence-electron chi connectivity index (χ2n) is 4.99. The summed E-state index contributed by atoms with van der Waals surface area (Å²) >= 11 is 0. The number of carbonyl (C=O) groups is 1. The lowest BCUT2D eigenvalue weighted by molar-refractivity contribution is 0.0767. The van der Waals surface area contributed by atoms with E-state index < -0.39 is 0 Å². The molecule has 1 saturated carbocycles. The molecule has 0 aromatic carbocycles. The molecule has 1 aliphatic carbocycles. The second-order valence-corrected chi connectivity index (χ2v) is 4.99. The Morgan fingerprint density at radius 3 is 2.83 bits per heavy atom. The summed E-state index contributed by atoms with van der Waals surface area (Å²) in [6.45, 7) is 0.851. The number of pyridine rings is 1. The zero-order valence-corrected chi connectivity index (χ0v) is 11.1. The first-order chi connectivity index (χ1) is 8.70. The van der Waals surface area contributed by atoms with E-state index in [9.17, 15) is 4.79 Å². The molecule has 0 unspecified atom stereocenters. The second kappa shape index (κ2) is 5.85. The fourth-order valence-electron chi connectivity index (χ4n) is 2.55. The zero-order chi connectivity index (χ0) is 13.0. The molecule has 0 atom stereocenters. The Balaban J connectivity index is 2.00. The smallest absolute Gasteiger partial charge is 0.272 e. The SMILES string of the molecule is CNc1cccc(C(=O)N(C)CC2CCCC2)n1. The van der Waals surface area contributed by atoms with Crippen LogP contribution in [-0.2, 0) is 0 Å². The first kappa shape index (κ1) is 12.9. The highest BCUT2D eigenvalue weighted by atomic mass is 16.2. The maximum absolute atomic E-state index is 12.2. The van der Waals surface area contributed by atoms with E-state index in [-0.39, 0.29) is 5.91 Å². The molecule has 0 bridgehead atoms. The van der Waals surface area contributed by atoms with Gasteiger partial charge in [-0.05, 0) is 30.9 Å². The van der Waals surface area contributed by atoms with Crippen molar-refractivity contribution in [3.63, 3.8) is 0 Å². The summed E-state index contributed by atoms with van der Waals surface area (Å²) in [5.41, 5.74) is 0.516. The molecule has 4 nitrogen and oxygen atoms in total. The Kier molecular flexibility index (Phi) is 4.18. The topological polar surface area (TPSA) is 45.2 Å². The lowest BCUT2D eigenvalue weighted by Gasteiger charge is -2.20. The van der Waals surface area contributed by atoms with E-state index in [1.54, 1.807) is 18.0 Å². The maximum Gasteiger partial charge on any atom is 0.272 e. The van der Waals surface area contributed by atoms with Gasteiger partial charge in [0.1, 0.15) is 11.5 Å². The normalized spacial score (nSPS) is 15.7. The van der Waals surface area contributed by atoms with Crippen LogP contribution in [0.3, 0.4) is 0 Å². The van der Waals surface area contributed by atoms with Crippen molar-refractivity contribution in [1.82, 2.24) is 9.88 Å². The van der Waals surface area contributed by atoms with Crippen LogP contribution >= 0.6 is 0 Å². The van der Waals surface area contributed by atoms with Gasteiger partial charge >= 0.3 is 0 Å². The number of nitrogens with zero attached hydrogens (tertiary/aromatic N) is 2. The minimum Gasteiger partial charge on any atom is -0.373 e. The molecule has 2 rings (SSSR count). The Morgan fingerprint density at radius 1 is 1.44 bits per heavy atom. The maximum atomic E-state index is 12.2. The molecule has 1 N–H and O–H groups in total. The van der Waals surface area contributed by atoms with Crippen molar-refractivity contribution in [3.05, 3.63) is 23.9 Å². The minimum absolute atomic E-state index is 0.0130. The average Bonchev–Trinajstić information content (AvgIpc) is 2.90. The van der Waals surface area contributed by atoms with Gasteiger partial charge in [0.25, 0.3) is 5.91 Å². The van der Waals surface area contributed by atoms with E-state index in [0.29, 0.717) is 11.6 Å². The number of hydrogen-bond acceptors (Lipinski definition) is 3.